The molecule has 4 rings (SSSR count). The Labute approximate surface area is 154 Å². The van der Waals surface area contributed by atoms with Crippen LogP contribution in [0.2, 0.25) is 0 Å². The average Bonchev–Trinajstić information content (AvgIpc) is 3.35. The molecule has 1 aromatic carbocycles. The third kappa shape index (κ3) is 3.31. The second-order valence-corrected chi connectivity index (χ2v) is 7.57. The lowest BCUT2D eigenvalue weighted by Crippen LogP contribution is -2.22. The Morgan fingerprint density at radius 1 is 1.27 bits per heavy atom. The normalized spacial score (nSPS) is 18.1. The van der Waals surface area contributed by atoms with Gasteiger partial charge in [-0.15, -0.1) is 0 Å². The molecule has 136 valence electrons. The molecule has 0 amide bonds. The lowest BCUT2D eigenvalue weighted by molar-refractivity contribution is 0.206. The van der Waals surface area contributed by atoms with Crippen molar-refractivity contribution in [2.24, 2.45) is 0 Å². The zero-order valence-corrected chi connectivity index (χ0v) is 15.7. The average molecular weight is 350 g/mol. The standard InChI is InChI=1S/C21H26N4O/c1-14(2)18-11-20(26-24-18)19-5-4-10-25(19)13-17-12-22-23-21(17)16-8-6-15(3)7-9-16/h6-9,11-12,14,19H,4-5,10,13H2,1-3H3,(H,22,23). The number of benzene rings is 1. The second-order valence-electron chi connectivity index (χ2n) is 7.57. The van der Waals surface area contributed by atoms with Crippen LogP contribution in [0.5, 0.6) is 0 Å². The highest BCUT2D eigenvalue weighted by molar-refractivity contribution is 5.62. The summed E-state index contributed by atoms with van der Waals surface area (Å²) in [4.78, 5) is 2.48. The van der Waals surface area contributed by atoms with Gasteiger partial charge in [0.25, 0.3) is 0 Å². The first-order valence-electron chi connectivity index (χ1n) is 9.41. The van der Waals surface area contributed by atoms with Crippen LogP contribution in [0.3, 0.4) is 0 Å². The van der Waals surface area contributed by atoms with Crippen molar-refractivity contribution in [3.8, 4) is 11.3 Å². The number of hydrogen-bond acceptors (Lipinski definition) is 4. The van der Waals surface area contributed by atoms with Gasteiger partial charge >= 0.3 is 0 Å². The number of likely N-dealkylation sites (tertiary alicyclic amines) is 1. The Balaban J connectivity index is 1.55. The van der Waals surface area contributed by atoms with E-state index in [0.29, 0.717) is 12.0 Å². The molecular formula is C21H26N4O. The Hall–Kier alpha value is -2.40. The number of aromatic nitrogens is 3. The molecule has 0 spiro atoms. The topological polar surface area (TPSA) is 58.0 Å². The smallest absolute Gasteiger partial charge is 0.154 e. The molecule has 1 unspecified atom stereocenters. The molecule has 0 aliphatic carbocycles. The number of H-pyrrole nitrogens is 1. The largest absolute Gasteiger partial charge is 0.359 e. The number of aryl methyl sites for hydroxylation is 1. The van der Waals surface area contributed by atoms with E-state index in [4.69, 9.17) is 4.52 Å². The predicted octanol–water partition coefficient (Wildman–Crippen LogP) is 4.83. The summed E-state index contributed by atoms with van der Waals surface area (Å²) in [5.74, 6) is 1.39. The van der Waals surface area contributed by atoms with Crippen molar-refractivity contribution in [1.29, 1.82) is 0 Å². The quantitative estimate of drug-likeness (QED) is 0.716. The summed E-state index contributed by atoms with van der Waals surface area (Å²) in [6.45, 7) is 8.33. The summed E-state index contributed by atoms with van der Waals surface area (Å²) in [5.41, 5.74) is 5.82. The van der Waals surface area contributed by atoms with E-state index in [9.17, 15) is 0 Å². The highest BCUT2D eigenvalue weighted by Crippen LogP contribution is 2.35. The van der Waals surface area contributed by atoms with E-state index in [0.717, 1.165) is 36.7 Å². The number of nitrogens with one attached hydrogen (secondary N) is 1. The Kier molecular flexibility index (Phi) is 4.64. The van der Waals surface area contributed by atoms with E-state index in [2.05, 4.69) is 71.4 Å². The first-order valence-corrected chi connectivity index (χ1v) is 9.41. The Morgan fingerprint density at radius 2 is 2.08 bits per heavy atom. The van der Waals surface area contributed by atoms with E-state index in [1.54, 1.807) is 0 Å². The highest BCUT2D eigenvalue weighted by atomic mass is 16.5. The molecule has 1 aliphatic heterocycles. The van der Waals surface area contributed by atoms with E-state index < -0.39 is 0 Å². The van der Waals surface area contributed by atoms with E-state index in [-0.39, 0.29) is 0 Å². The Morgan fingerprint density at radius 3 is 2.81 bits per heavy atom. The molecule has 1 atom stereocenters. The van der Waals surface area contributed by atoms with Gasteiger partial charge in [0.15, 0.2) is 5.76 Å². The highest BCUT2D eigenvalue weighted by Gasteiger charge is 2.30. The van der Waals surface area contributed by atoms with Crippen molar-refractivity contribution in [3.05, 3.63) is 59.1 Å². The van der Waals surface area contributed by atoms with Crippen molar-refractivity contribution < 1.29 is 4.52 Å². The molecule has 1 aliphatic rings. The Bertz CT molecular complexity index is 862. The van der Waals surface area contributed by atoms with E-state index >= 15 is 0 Å². The first-order chi connectivity index (χ1) is 12.6. The molecule has 2 aromatic heterocycles. The van der Waals surface area contributed by atoms with Crippen LogP contribution in [-0.2, 0) is 6.54 Å². The van der Waals surface area contributed by atoms with Crippen LogP contribution in [0.4, 0.5) is 0 Å². The molecule has 0 bridgehead atoms. The van der Waals surface area contributed by atoms with Crippen LogP contribution < -0.4 is 0 Å². The molecule has 1 saturated heterocycles. The lowest BCUT2D eigenvalue weighted by Gasteiger charge is -2.22. The lowest BCUT2D eigenvalue weighted by atomic mass is 10.1. The summed E-state index contributed by atoms with van der Waals surface area (Å²) in [6.07, 6.45) is 4.25. The van der Waals surface area contributed by atoms with Crippen LogP contribution in [0.1, 0.15) is 61.2 Å². The summed E-state index contributed by atoms with van der Waals surface area (Å²) >= 11 is 0. The van der Waals surface area contributed by atoms with Gasteiger partial charge in [-0.05, 0) is 37.8 Å². The SMILES string of the molecule is Cc1ccc(-c2[nH]ncc2CN2CCCC2c2cc(C(C)C)no2)cc1. The van der Waals surface area contributed by atoms with Gasteiger partial charge in [-0.1, -0.05) is 48.8 Å². The summed E-state index contributed by atoms with van der Waals surface area (Å²) in [5, 5.41) is 11.7. The summed E-state index contributed by atoms with van der Waals surface area (Å²) in [6, 6.07) is 11.0. The van der Waals surface area contributed by atoms with Crippen molar-refractivity contribution in [2.45, 2.75) is 52.1 Å². The van der Waals surface area contributed by atoms with Crippen LogP contribution in [0, 0.1) is 6.92 Å². The maximum Gasteiger partial charge on any atom is 0.154 e. The van der Waals surface area contributed by atoms with Gasteiger partial charge in [0.1, 0.15) is 0 Å². The van der Waals surface area contributed by atoms with Gasteiger partial charge in [0.05, 0.1) is 23.6 Å². The van der Waals surface area contributed by atoms with Crippen LogP contribution in [0.15, 0.2) is 41.1 Å². The van der Waals surface area contributed by atoms with E-state index in [1.165, 1.54) is 23.1 Å². The monoisotopic (exact) mass is 350 g/mol. The van der Waals surface area contributed by atoms with Gasteiger partial charge in [-0.2, -0.15) is 5.10 Å². The molecule has 1 N–H and O–H groups in total. The van der Waals surface area contributed by atoms with Gasteiger partial charge in [-0.3, -0.25) is 10.00 Å². The van der Waals surface area contributed by atoms with Gasteiger partial charge in [0, 0.05) is 18.2 Å². The molecule has 1 fully saturated rings. The molecule has 0 radical (unpaired) electrons. The minimum absolute atomic E-state index is 0.302. The number of hydrogen-bond donors (Lipinski definition) is 1. The second kappa shape index (κ2) is 7.08. The number of aromatic amines is 1. The van der Waals surface area contributed by atoms with Crippen molar-refractivity contribution in [1.82, 2.24) is 20.3 Å². The third-order valence-corrected chi connectivity index (χ3v) is 5.26. The molecule has 3 heterocycles. The maximum atomic E-state index is 5.67. The zero-order valence-electron chi connectivity index (χ0n) is 15.7. The first kappa shape index (κ1) is 17.0. The predicted molar refractivity (Wildman–Crippen MR) is 102 cm³/mol. The van der Waals surface area contributed by atoms with Gasteiger partial charge in [-0.25, -0.2) is 0 Å². The minimum Gasteiger partial charge on any atom is -0.359 e. The number of rotatable bonds is 5. The molecule has 3 aromatic rings. The van der Waals surface area contributed by atoms with Crippen molar-refractivity contribution >= 4 is 0 Å². The van der Waals surface area contributed by atoms with Crippen LogP contribution in [0.25, 0.3) is 11.3 Å². The molecular weight excluding hydrogens is 324 g/mol. The van der Waals surface area contributed by atoms with Crippen molar-refractivity contribution in [3.63, 3.8) is 0 Å². The third-order valence-electron chi connectivity index (χ3n) is 5.26. The minimum atomic E-state index is 0.302. The fraction of sp³-hybridized carbons (Fsp3) is 0.429. The molecule has 5 heteroatoms. The fourth-order valence-corrected chi connectivity index (χ4v) is 3.69. The zero-order chi connectivity index (χ0) is 18.1. The summed E-state index contributed by atoms with van der Waals surface area (Å²) in [7, 11) is 0. The van der Waals surface area contributed by atoms with E-state index in [1.807, 2.05) is 6.20 Å². The number of nitrogens with zero attached hydrogens (tertiary/aromatic N) is 3. The molecule has 26 heavy (non-hydrogen) atoms. The maximum absolute atomic E-state index is 5.67. The van der Waals surface area contributed by atoms with Crippen molar-refractivity contribution in [2.75, 3.05) is 6.54 Å². The van der Waals surface area contributed by atoms with Gasteiger partial charge < -0.3 is 4.52 Å². The molecule has 5 nitrogen and oxygen atoms in total. The molecule has 0 saturated carbocycles. The van der Waals surface area contributed by atoms with Crippen LogP contribution >= 0.6 is 0 Å². The fourth-order valence-electron chi connectivity index (χ4n) is 3.69. The van der Waals surface area contributed by atoms with Gasteiger partial charge in [0.2, 0.25) is 0 Å². The van der Waals surface area contributed by atoms with Crippen LogP contribution in [-0.4, -0.2) is 26.8 Å². The summed E-state index contributed by atoms with van der Waals surface area (Å²) < 4.78 is 5.67.